The van der Waals surface area contributed by atoms with Crippen LogP contribution in [0.1, 0.15) is 82.9 Å². The van der Waals surface area contributed by atoms with Gasteiger partial charge in [-0.15, -0.1) is 0 Å². The summed E-state index contributed by atoms with van der Waals surface area (Å²) >= 11 is 0. The Balaban J connectivity index is 0.00000794. The maximum atomic E-state index is 13.8. The molecule has 0 aliphatic carbocycles. The van der Waals surface area contributed by atoms with E-state index in [4.69, 9.17) is 14.9 Å². The zero-order valence-electron chi connectivity index (χ0n) is 33.6. The molecule has 0 radical (unpaired) electrons. The van der Waals surface area contributed by atoms with Gasteiger partial charge in [-0.05, 0) is 56.2 Å². The quantitative estimate of drug-likeness (QED) is 0.0497. The van der Waals surface area contributed by atoms with Crippen LogP contribution < -0.4 is 49.4 Å². The van der Waals surface area contributed by atoms with Crippen molar-refractivity contribution in [2.24, 2.45) is 0 Å². The fourth-order valence-corrected chi connectivity index (χ4v) is 7.82. The highest BCUT2D eigenvalue weighted by molar-refractivity contribution is 7.46. The average molecular weight is 964 g/mol. The van der Waals surface area contributed by atoms with Crippen LogP contribution in [0.3, 0.4) is 0 Å². The van der Waals surface area contributed by atoms with Gasteiger partial charge in [-0.3, -0.25) is 29.1 Å². The van der Waals surface area contributed by atoms with Crippen LogP contribution in [0, 0.1) is 0 Å². The van der Waals surface area contributed by atoms with E-state index in [2.05, 4.69) is 57.1 Å². The average Bonchev–Trinajstić information content (AvgIpc) is 3.52. The third-order valence-electron chi connectivity index (χ3n) is 10.3. The zero-order valence-corrected chi connectivity index (χ0v) is 36.6. The van der Waals surface area contributed by atoms with Crippen LogP contribution in [0.25, 0.3) is 0 Å². The number of carboxylic acid groups (broad SMARTS) is 1. The van der Waals surface area contributed by atoms with Crippen molar-refractivity contribution in [3.63, 3.8) is 0 Å². The molecular formula is C42H49F2IN5O9P. The molecule has 3 aromatic rings. The lowest BCUT2D eigenvalue weighted by Gasteiger charge is -2.25. The number of unbranched alkanes of at least 4 members (excludes halogenated alkanes) is 1. The Labute approximate surface area is 364 Å². The van der Waals surface area contributed by atoms with Gasteiger partial charge in [0.05, 0.1) is 16.7 Å². The van der Waals surface area contributed by atoms with E-state index in [0.29, 0.717) is 19.4 Å². The van der Waals surface area contributed by atoms with Crippen molar-refractivity contribution in [1.82, 2.24) is 10.6 Å². The second-order valence-corrected chi connectivity index (χ2v) is 16.3. The van der Waals surface area contributed by atoms with Crippen molar-refractivity contribution in [2.45, 2.75) is 77.1 Å². The number of halogens is 3. The molecule has 0 unspecified atom stereocenters. The summed E-state index contributed by atoms with van der Waals surface area (Å²) in [7, 11) is -5.10. The van der Waals surface area contributed by atoms with E-state index in [1.165, 1.54) is 5.56 Å². The van der Waals surface area contributed by atoms with Crippen molar-refractivity contribution >= 4 is 54.4 Å². The van der Waals surface area contributed by atoms with Gasteiger partial charge in [0.1, 0.15) is 12.3 Å². The van der Waals surface area contributed by atoms with Crippen LogP contribution in [0.2, 0.25) is 0 Å². The summed E-state index contributed by atoms with van der Waals surface area (Å²) in [6.07, 6.45) is 3.60. The molecule has 4 amide bonds. The first-order chi connectivity index (χ1) is 27.8. The van der Waals surface area contributed by atoms with E-state index in [-0.39, 0.29) is 67.4 Å². The molecule has 2 aliphatic rings. The maximum absolute atomic E-state index is 13.8. The summed E-state index contributed by atoms with van der Waals surface area (Å²) in [4.78, 5) is 69.6. The SMILES string of the molecule is CC1(C)C(/C=C/C=C2/N(C(=O)NCCNC(=O)CCC(=O)Nc3ccc(OP(=O)(O)O)c(C(F)F)c3)c3ccccc3C2(C)C)=[N+](CCCCC(=O)O)c2ccccc21.[I-]. The minimum Gasteiger partial charge on any atom is -1.00 e. The van der Waals surface area contributed by atoms with Gasteiger partial charge in [0.15, 0.2) is 5.71 Å². The highest BCUT2D eigenvalue weighted by Gasteiger charge is 2.45. The number of urea groups is 1. The summed E-state index contributed by atoms with van der Waals surface area (Å²) in [5.74, 6) is -2.70. The first kappa shape index (κ1) is 47.7. The van der Waals surface area contributed by atoms with Crippen LogP contribution in [-0.2, 0) is 29.8 Å². The third-order valence-corrected chi connectivity index (χ3v) is 10.7. The number of nitrogens with one attached hydrogen (secondary N) is 3. The predicted molar refractivity (Wildman–Crippen MR) is 218 cm³/mol. The predicted octanol–water partition coefficient (Wildman–Crippen LogP) is 4.21. The van der Waals surface area contributed by atoms with Crippen molar-refractivity contribution in [1.29, 1.82) is 0 Å². The molecule has 322 valence electrons. The molecule has 0 saturated carbocycles. The summed E-state index contributed by atoms with van der Waals surface area (Å²) in [5, 5.41) is 17.1. The molecular weight excluding hydrogens is 914 g/mol. The summed E-state index contributed by atoms with van der Waals surface area (Å²) in [6.45, 7) is 9.17. The lowest BCUT2D eigenvalue weighted by molar-refractivity contribution is -0.438. The highest BCUT2D eigenvalue weighted by atomic mass is 127. The molecule has 0 spiro atoms. The molecule has 0 aromatic heterocycles. The molecule has 3 aromatic carbocycles. The fraction of sp³-hybridized carbons (Fsp3) is 0.357. The number of carbonyl (C=O) groups excluding carboxylic acids is 3. The van der Waals surface area contributed by atoms with Crippen LogP contribution >= 0.6 is 7.82 Å². The molecule has 14 nitrogen and oxygen atoms in total. The standard InChI is InChI=1S/C42H48F2N5O9P.HI/c1-41(2)29-12-5-7-14-31(29)48(25-10-9-18-38(52)53)34(41)16-11-17-35-42(3,4)30-13-6-8-15-32(30)49(35)40(54)46-24-23-45-36(50)21-22-37(51)47-27-19-20-33(58-59(55,56)57)28(26-27)39(43)44;/h5-8,11-17,19-20,26,39H,9-10,18,21-25H2,1-4H3,(H5-,45,46,47,50,51,52,53,54,55,56,57);1H. The fourth-order valence-electron chi connectivity index (χ4n) is 7.40. The summed E-state index contributed by atoms with van der Waals surface area (Å²) in [6, 6.07) is 18.3. The lowest BCUT2D eigenvalue weighted by atomic mass is 9.81. The largest absolute Gasteiger partial charge is 1.00 e. The van der Waals surface area contributed by atoms with Gasteiger partial charge >= 0.3 is 19.8 Å². The number of benzene rings is 3. The van der Waals surface area contributed by atoms with Crippen LogP contribution in [0.5, 0.6) is 5.75 Å². The number of alkyl halides is 2. The molecule has 0 bridgehead atoms. The second kappa shape index (κ2) is 20.1. The summed E-state index contributed by atoms with van der Waals surface area (Å²) < 4.78 is 44.6. The Bertz CT molecular complexity index is 2260. The van der Waals surface area contributed by atoms with Gasteiger partial charge < -0.3 is 49.6 Å². The van der Waals surface area contributed by atoms with Gasteiger partial charge in [-0.25, -0.2) is 18.1 Å². The van der Waals surface area contributed by atoms with E-state index < -0.39 is 54.8 Å². The molecule has 2 aliphatic heterocycles. The molecule has 6 N–H and O–H groups in total. The van der Waals surface area contributed by atoms with Gasteiger partial charge in [-0.2, -0.15) is 4.58 Å². The molecule has 0 fully saturated rings. The van der Waals surface area contributed by atoms with Gasteiger partial charge in [0.2, 0.25) is 17.5 Å². The number of carbonyl (C=O) groups is 4. The number of anilines is 2. The number of para-hydroxylation sites is 2. The number of rotatable bonds is 17. The lowest BCUT2D eigenvalue weighted by Crippen LogP contribution is -3.00. The Morgan fingerprint density at radius 1 is 0.867 bits per heavy atom. The highest BCUT2D eigenvalue weighted by Crippen LogP contribution is 2.48. The Hall–Kier alpha value is -4.97. The zero-order chi connectivity index (χ0) is 43.1. The van der Waals surface area contributed by atoms with Gasteiger partial charge in [0, 0.05) is 73.3 Å². The van der Waals surface area contributed by atoms with Gasteiger partial charge in [0.25, 0.3) is 6.43 Å². The number of nitrogens with zero attached hydrogens (tertiary/aromatic N) is 2. The number of hydrogen-bond acceptors (Lipinski definition) is 6. The van der Waals surface area contributed by atoms with Crippen LogP contribution in [-0.4, -0.2) is 68.6 Å². The van der Waals surface area contributed by atoms with E-state index in [9.17, 15) is 32.5 Å². The molecule has 2 heterocycles. The molecule has 5 rings (SSSR count). The Kier molecular flexibility index (Phi) is 15.9. The first-order valence-electron chi connectivity index (χ1n) is 19.1. The van der Waals surface area contributed by atoms with E-state index in [0.717, 1.165) is 46.5 Å². The molecule has 18 heteroatoms. The number of aliphatic carboxylic acids is 1. The van der Waals surface area contributed by atoms with Crippen molar-refractivity contribution in [3.05, 3.63) is 107 Å². The minimum absolute atomic E-state index is 0. The number of phosphoric acid groups is 1. The normalized spacial score (nSPS) is 15.8. The van der Waals surface area contributed by atoms with E-state index in [1.54, 1.807) is 4.90 Å². The first-order valence-corrected chi connectivity index (χ1v) is 20.6. The van der Waals surface area contributed by atoms with Crippen molar-refractivity contribution < 1.29 is 80.5 Å². The number of hydrogen-bond donors (Lipinski definition) is 6. The minimum atomic E-state index is -5.10. The van der Waals surface area contributed by atoms with E-state index >= 15 is 0 Å². The molecule has 0 saturated heterocycles. The van der Waals surface area contributed by atoms with E-state index in [1.807, 2.05) is 62.4 Å². The number of allylic oxidation sites excluding steroid dienone is 4. The van der Waals surface area contributed by atoms with Crippen LogP contribution in [0.15, 0.2) is 90.7 Å². The van der Waals surface area contributed by atoms with Crippen molar-refractivity contribution in [2.75, 3.05) is 29.9 Å². The smallest absolute Gasteiger partial charge is 0.524 e. The van der Waals surface area contributed by atoms with Gasteiger partial charge in [-0.1, -0.05) is 56.3 Å². The Morgan fingerprint density at radius 2 is 1.52 bits per heavy atom. The monoisotopic (exact) mass is 963 g/mol. The number of phosphoric ester groups is 1. The molecule has 0 atom stereocenters. The third kappa shape index (κ3) is 11.4. The Morgan fingerprint density at radius 3 is 2.20 bits per heavy atom. The second-order valence-electron chi connectivity index (χ2n) is 15.2. The number of fused-ring (bicyclic) bond motifs is 2. The number of amides is 4. The number of carboxylic acids is 1. The topological polar surface area (TPSA) is 198 Å². The molecule has 60 heavy (non-hydrogen) atoms. The maximum Gasteiger partial charge on any atom is 0.524 e. The van der Waals surface area contributed by atoms with Crippen LogP contribution in [0.4, 0.5) is 30.6 Å². The van der Waals surface area contributed by atoms with Crippen molar-refractivity contribution in [3.8, 4) is 5.75 Å². The summed E-state index contributed by atoms with van der Waals surface area (Å²) in [5.41, 5.74) is 3.90.